The largest absolute Gasteiger partial charge is 0.508 e. The predicted octanol–water partition coefficient (Wildman–Crippen LogP) is 1.84. The molecule has 0 unspecified atom stereocenters. The summed E-state index contributed by atoms with van der Waals surface area (Å²) in [6.45, 7) is -0.558. The third kappa shape index (κ3) is 4.32. The van der Waals surface area contributed by atoms with Crippen LogP contribution in [-0.4, -0.2) is 65.8 Å². The molecular formula is C20H18F3N3O5S. The van der Waals surface area contributed by atoms with Gasteiger partial charge in [0.25, 0.3) is 0 Å². The maximum absolute atomic E-state index is 13.6. The minimum atomic E-state index is -1.62. The number of halogens is 3. The number of benzene rings is 2. The van der Waals surface area contributed by atoms with Crippen LogP contribution >= 0.6 is 11.8 Å². The van der Waals surface area contributed by atoms with Crippen LogP contribution in [0, 0.1) is 17.5 Å². The van der Waals surface area contributed by atoms with E-state index in [1.807, 2.05) is 0 Å². The van der Waals surface area contributed by atoms with Gasteiger partial charge in [0.1, 0.15) is 41.2 Å². The molecule has 12 heteroatoms. The molecule has 1 fully saturated rings. The summed E-state index contributed by atoms with van der Waals surface area (Å²) in [6, 6.07) is 6.59. The Hall–Kier alpha value is -2.64. The SMILES string of the molecule is OC[C@H]1O[C@H](Sc2cccc(O)c2)[C@H](O)[C@@H](n2cc(-c3cc(F)c(F)c(F)c3)nn2)[C@H]1O. The van der Waals surface area contributed by atoms with Crippen LogP contribution in [0.4, 0.5) is 13.2 Å². The highest BCUT2D eigenvalue weighted by Gasteiger charge is 2.46. The van der Waals surface area contributed by atoms with E-state index < -0.39 is 53.8 Å². The van der Waals surface area contributed by atoms with Crippen LogP contribution in [0.3, 0.4) is 0 Å². The number of aliphatic hydroxyl groups excluding tert-OH is 3. The summed E-state index contributed by atoms with van der Waals surface area (Å²) >= 11 is 1.06. The Bertz CT molecular complexity index is 1090. The zero-order valence-electron chi connectivity index (χ0n) is 16.2. The summed E-state index contributed by atoms with van der Waals surface area (Å²) < 4.78 is 47.1. The van der Waals surface area contributed by atoms with Crippen molar-refractivity contribution in [2.45, 2.75) is 34.7 Å². The number of rotatable bonds is 5. The van der Waals surface area contributed by atoms with E-state index in [4.69, 9.17) is 4.74 Å². The van der Waals surface area contributed by atoms with Crippen molar-refractivity contribution in [3.05, 3.63) is 60.0 Å². The van der Waals surface area contributed by atoms with Crippen molar-refractivity contribution in [1.82, 2.24) is 15.0 Å². The number of aromatic nitrogens is 3. The number of hydrogen-bond donors (Lipinski definition) is 4. The first-order valence-electron chi connectivity index (χ1n) is 9.43. The second kappa shape index (κ2) is 9.08. The first-order valence-corrected chi connectivity index (χ1v) is 10.3. The van der Waals surface area contributed by atoms with Gasteiger partial charge in [-0.25, -0.2) is 17.9 Å². The number of thioether (sulfide) groups is 1. The Morgan fingerprint density at radius 2 is 1.78 bits per heavy atom. The summed E-state index contributed by atoms with van der Waals surface area (Å²) in [5, 5.41) is 48.5. The van der Waals surface area contributed by atoms with Gasteiger partial charge in [0, 0.05) is 10.5 Å². The molecule has 1 aromatic heterocycles. The molecule has 32 heavy (non-hydrogen) atoms. The summed E-state index contributed by atoms with van der Waals surface area (Å²) in [5.74, 6) is -4.41. The van der Waals surface area contributed by atoms with Crippen LogP contribution < -0.4 is 0 Å². The molecule has 1 aliphatic heterocycles. The Labute approximate surface area is 183 Å². The Morgan fingerprint density at radius 1 is 1.06 bits per heavy atom. The average Bonchev–Trinajstić information content (AvgIpc) is 3.23. The minimum Gasteiger partial charge on any atom is -0.508 e. The lowest BCUT2D eigenvalue weighted by atomic mass is 9.97. The van der Waals surface area contributed by atoms with Crippen molar-refractivity contribution >= 4 is 11.8 Å². The number of ether oxygens (including phenoxy) is 1. The molecule has 0 aliphatic carbocycles. The third-order valence-corrected chi connectivity index (χ3v) is 6.16. The summed E-state index contributed by atoms with van der Waals surface area (Å²) in [7, 11) is 0. The van der Waals surface area contributed by atoms with Gasteiger partial charge in [-0.3, -0.25) is 0 Å². The van der Waals surface area contributed by atoms with Crippen molar-refractivity contribution in [2.24, 2.45) is 0 Å². The van der Waals surface area contributed by atoms with E-state index in [1.165, 1.54) is 18.3 Å². The molecular weight excluding hydrogens is 451 g/mol. The van der Waals surface area contributed by atoms with Gasteiger partial charge in [0.15, 0.2) is 17.5 Å². The third-order valence-electron chi connectivity index (χ3n) is 5.01. The second-order valence-electron chi connectivity index (χ2n) is 7.15. The van der Waals surface area contributed by atoms with Gasteiger partial charge in [-0.15, -0.1) is 5.10 Å². The van der Waals surface area contributed by atoms with Gasteiger partial charge in [-0.2, -0.15) is 0 Å². The first kappa shape index (κ1) is 22.6. The number of phenols is 1. The van der Waals surface area contributed by atoms with E-state index in [1.54, 1.807) is 12.1 Å². The highest BCUT2D eigenvalue weighted by Crippen LogP contribution is 2.38. The number of phenolic OH excluding ortho intramolecular Hbond substituents is 1. The summed E-state index contributed by atoms with van der Waals surface area (Å²) in [4.78, 5) is 0.567. The molecule has 4 N–H and O–H groups in total. The molecule has 1 aliphatic rings. The van der Waals surface area contributed by atoms with E-state index in [-0.39, 0.29) is 17.0 Å². The van der Waals surface area contributed by atoms with E-state index in [2.05, 4.69) is 10.3 Å². The molecule has 0 bridgehead atoms. The van der Waals surface area contributed by atoms with Crippen molar-refractivity contribution in [3.63, 3.8) is 0 Å². The monoisotopic (exact) mass is 469 g/mol. The Kier molecular flexibility index (Phi) is 6.40. The first-order chi connectivity index (χ1) is 15.3. The van der Waals surface area contributed by atoms with E-state index in [9.17, 15) is 33.6 Å². The molecule has 0 amide bonds. The van der Waals surface area contributed by atoms with Crippen molar-refractivity contribution in [3.8, 4) is 17.0 Å². The Morgan fingerprint density at radius 3 is 2.44 bits per heavy atom. The van der Waals surface area contributed by atoms with Gasteiger partial charge < -0.3 is 25.2 Å². The second-order valence-corrected chi connectivity index (χ2v) is 8.32. The standard InChI is InChI=1S/C20H18F3N3O5S/c21-12-4-9(5-13(22)16(12)23)14-7-26(25-24-14)17-18(29)15(8-27)31-20(19(17)30)32-11-3-1-2-10(28)6-11/h1-7,15,17-20,27-30H,8H2/t15-,17+,18+,19-,20-/m1/s1. The maximum atomic E-state index is 13.6. The predicted molar refractivity (Wildman–Crippen MR) is 106 cm³/mol. The van der Waals surface area contributed by atoms with Gasteiger partial charge in [0.2, 0.25) is 0 Å². The molecule has 8 nitrogen and oxygen atoms in total. The molecule has 1 saturated heterocycles. The molecule has 0 spiro atoms. The number of aliphatic hydroxyl groups is 3. The molecule has 5 atom stereocenters. The minimum absolute atomic E-state index is 0.00951. The lowest BCUT2D eigenvalue weighted by Crippen LogP contribution is -2.55. The number of aromatic hydroxyl groups is 1. The molecule has 0 radical (unpaired) electrons. The molecule has 170 valence electrons. The quantitative estimate of drug-likeness (QED) is 0.418. The van der Waals surface area contributed by atoms with Crippen molar-refractivity contribution < 1.29 is 38.3 Å². The summed E-state index contributed by atoms with van der Waals surface area (Å²) in [6.07, 6.45) is -2.59. The number of nitrogens with zero attached hydrogens (tertiary/aromatic N) is 3. The molecule has 3 aromatic rings. The van der Waals surface area contributed by atoms with Gasteiger partial charge >= 0.3 is 0 Å². The molecule has 2 heterocycles. The summed E-state index contributed by atoms with van der Waals surface area (Å²) in [5.41, 5.74) is -1.07. The van der Waals surface area contributed by atoms with Crippen LogP contribution in [0.5, 0.6) is 5.75 Å². The van der Waals surface area contributed by atoms with Gasteiger partial charge in [-0.05, 0) is 30.3 Å². The molecule has 2 aromatic carbocycles. The zero-order valence-corrected chi connectivity index (χ0v) is 17.0. The highest BCUT2D eigenvalue weighted by molar-refractivity contribution is 7.99. The van der Waals surface area contributed by atoms with Gasteiger partial charge in [-0.1, -0.05) is 23.0 Å². The smallest absolute Gasteiger partial charge is 0.194 e. The fourth-order valence-corrected chi connectivity index (χ4v) is 4.54. The van der Waals surface area contributed by atoms with E-state index in [0.29, 0.717) is 4.90 Å². The van der Waals surface area contributed by atoms with Crippen LogP contribution in [-0.2, 0) is 4.74 Å². The topological polar surface area (TPSA) is 121 Å². The van der Waals surface area contributed by atoms with E-state index >= 15 is 0 Å². The molecule has 4 rings (SSSR count). The van der Waals surface area contributed by atoms with Crippen LogP contribution in [0.15, 0.2) is 47.5 Å². The lowest BCUT2D eigenvalue weighted by Gasteiger charge is -2.41. The van der Waals surface area contributed by atoms with E-state index in [0.717, 1.165) is 28.6 Å². The normalized spacial score (nSPS) is 25.8. The molecule has 0 saturated carbocycles. The highest BCUT2D eigenvalue weighted by atomic mass is 32.2. The Balaban J connectivity index is 1.64. The maximum Gasteiger partial charge on any atom is 0.194 e. The fourth-order valence-electron chi connectivity index (χ4n) is 3.43. The van der Waals surface area contributed by atoms with Crippen molar-refractivity contribution in [2.75, 3.05) is 6.61 Å². The van der Waals surface area contributed by atoms with Crippen LogP contribution in [0.1, 0.15) is 6.04 Å². The van der Waals surface area contributed by atoms with Crippen molar-refractivity contribution in [1.29, 1.82) is 0 Å². The average molecular weight is 469 g/mol. The fraction of sp³-hybridized carbons (Fsp3) is 0.300. The van der Waals surface area contributed by atoms with Gasteiger partial charge in [0.05, 0.1) is 12.8 Å². The lowest BCUT2D eigenvalue weighted by molar-refractivity contribution is -0.178. The van der Waals surface area contributed by atoms with Crippen LogP contribution in [0.2, 0.25) is 0 Å². The van der Waals surface area contributed by atoms with Crippen LogP contribution in [0.25, 0.3) is 11.3 Å². The zero-order chi connectivity index (χ0) is 23.0. The number of hydrogen-bond acceptors (Lipinski definition) is 8.